The Morgan fingerprint density at radius 2 is 1.82 bits per heavy atom. The first kappa shape index (κ1) is 21.4. The number of carbonyl (C=O) groups excluding carboxylic acids is 1. The normalized spacial score (nSPS) is 11.9. The molecule has 0 N–H and O–H groups in total. The number of hydrogen-bond donors (Lipinski definition) is 0. The summed E-state index contributed by atoms with van der Waals surface area (Å²) in [5.41, 5.74) is -1.60. The lowest BCUT2D eigenvalue weighted by atomic mass is 10.2. The number of pyridine rings is 2. The smallest absolute Gasteiger partial charge is 0.429 e. The summed E-state index contributed by atoms with van der Waals surface area (Å²) in [4.78, 5) is 20.3. The van der Waals surface area contributed by atoms with E-state index in [0.717, 1.165) is 22.2 Å². The summed E-state index contributed by atoms with van der Waals surface area (Å²) in [5, 5.41) is 2.13. The third kappa shape index (κ3) is 5.54. The maximum Gasteiger partial charge on any atom is 0.429 e. The number of hydrogen-bond acceptors (Lipinski definition) is 5. The van der Waals surface area contributed by atoms with Crippen LogP contribution in [0.15, 0.2) is 36.7 Å². The first-order valence-corrected chi connectivity index (χ1v) is 8.25. The zero-order chi connectivity index (χ0) is 21.1. The Hall–Kier alpha value is -2.91. The molecule has 0 atom stereocenters. The monoisotopic (exact) mass is 400 g/mol. The molecule has 1 amide bonds. The Bertz CT molecular complexity index is 820. The van der Waals surface area contributed by atoms with E-state index in [1.165, 1.54) is 25.4 Å². The molecule has 0 unspecified atom stereocenters. The minimum absolute atomic E-state index is 0.153. The van der Waals surface area contributed by atoms with E-state index in [-0.39, 0.29) is 18.1 Å². The van der Waals surface area contributed by atoms with Crippen LogP contribution in [-0.4, -0.2) is 33.7 Å². The molecular weight excluding hydrogens is 380 g/mol. The highest BCUT2D eigenvalue weighted by Crippen LogP contribution is 2.28. The van der Waals surface area contributed by atoms with Gasteiger partial charge in [0.1, 0.15) is 5.60 Å². The second kappa shape index (κ2) is 7.99. The Morgan fingerprint density at radius 3 is 2.32 bits per heavy atom. The lowest BCUT2D eigenvalue weighted by molar-refractivity contribution is -0.137. The van der Waals surface area contributed by atoms with Gasteiger partial charge in [0.2, 0.25) is 0 Å². The van der Waals surface area contributed by atoms with Gasteiger partial charge in [-0.3, -0.25) is 9.99 Å². The van der Waals surface area contributed by atoms with Gasteiger partial charge in [0.25, 0.3) is 0 Å². The Kier molecular flexibility index (Phi) is 6.10. The van der Waals surface area contributed by atoms with Crippen molar-refractivity contribution in [1.29, 1.82) is 0 Å². The lowest BCUT2D eigenvalue weighted by Crippen LogP contribution is -2.47. The third-order valence-electron chi connectivity index (χ3n) is 3.48. The van der Waals surface area contributed by atoms with Crippen LogP contribution in [0.1, 0.15) is 32.0 Å². The molecule has 10 heteroatoms. The second-order valence-electron chi connectivity index (χ2n) is 6.91. The molecule has 28 heavy (non-hydrogen) atoms. The number of hydrazine groups is 1. The molecule has 2 aromatic heterocycles. The van der Waals surface area contributed by atoms with Gasteiger partial charge in [-0.25, -0.2) is 19.2 Å². The molecule has 0 bridgehead atoms. The van der Waals surface area contributed by atoms with Crippen LogP contribution in [-0.2, 0) is 17.5 Å². The van der Waals surface area contributed by atoms with Gasteiger partial charge in [0.15, 0.2) is 11.6 Å². The highest BCUT2D eigenvalue weighted by Gasteiger charge is 2.31. The predicted molar refractivity (Wildman–Crippen MR) is 93.6 cm³/mol. The Morgan fingerprint density at radius 1 is 1.14 bits per heavy atom. The fourth-order valence-corrected chi connectivity index (χ4v) is 2.18. The number of aromatic nitrogens is 2. The van der Waals surface area contributed by atoms with E-state index in [0.29, 0.717) is 6.20 Å². The summed E-state index contributed by atoms with van der Waals surface area (Å²) in [6.07, 6.45) is -3.34. The molecule has 152 valence electrons. The van der Waals surface area contributed by atoms with E-state index in [1.54, 1.807) is 20.8 Å². The first-order valence-electron chi connectivity index (χ1n) is 8.25. The average Bonchev–Trinajstić information content (AvgIpc) is 2.57. The van der Waals surface area contributed by atoms with Gasteiger partial charge in [-0.15, -0.1) is 0 Å². The number of amides is 1. The van der Waals surface area contributed by atoms with Crippen molar-refractivity contribution in [1.82, 2.24) is 15.0 Å². The van der Waals surface area contributed by atoms with Crippen LogP contribution in [0, 0.1) is 5.82 Å². The first-order chi connectivity index (χ1) is 12.9. The van der Waals surface area contributed by atoms with E-state index in [1.807, 2.05) is 0 Å². The second-order valence-corrected chi connectivity index (χ2v) is 6.91. The number of carbonyl (C=O) groups is 1. The van der Waals surface area contributed by atoms with Gasteiger partial charge in [-0.1, -0.05) is 0 Å². The van der Waals surface area contributed by atoms with Gasteiger partial charge in [-0.05, 0) is 45.0 Å². The van der Waals surface area contributed by atoms with Crippen LogP contribution in [0.5, 0.6) is 0 Å². The third-order valence-corrected chi connectivity index (χ3v) is 3.48. The molecule has 0 aliphatic heterocycles. The number of nitrogens with zero attached hydrogens (tertiary/aromatic N) is 4. The van der Waals surface area contributed by atoms with Crippen molar-refractivity contribution in [3.8, 4) is 0 Å². The van der Waals surface area contributed by atoms with Crippen LogP contribution in [0.2, 0.25) is 0 Å². The number of ether oxygens (including phenoxy) is 1. The lowest BCUT2D eigenvalue weighted by Gasteiger charge is -2.34. The fraction of sp³-hybridized carbons (Fsp3) is 0.389. The van der Waals surface area contributed by atoms with Gasteiger partial charge >= 0.3 is 12.3 Å². The zero-order valence-corrected chi connectivity index (χ0v) is 15.8. The van der Waals surface area contributed by atoms with Crippen molar-refractivity contribution in [2.24, 2.45) is 0 Å². The van der Waals surface area contributed by atoms with Crippen LogP contribution in [0.3, 0.4) is 0 Å². The van der Waals surface area contributed by atoms with E-state index >= 15 is 0 Å². The molecule has 2 heterocycles. The number of alkyl halides is 3. The summed E-state index contributed by atoms with van der Waals surface area (Å²) < 4.78 is 57.5. The van der Waals surface area contributed by atoms with Crippen LogP contribution in [0.25, 0.3) is 0 Å². The van der Waals surface area contributed by atoms with Crippen molar-refractivity contribution in [2.75, 3.05) is 12.1 Å². The SMILES string of the molecule is CN(c1ncccc1F)N(Cc1ccc(C(F)(F)F)cn1)C(=O)OC(C)(C)C. The van der Waals surface area contributed by atoms with Crippen LogP contribution in [0.4, 0.5) is 28.2 Å². The summed E-state index contributed by atoms with van der Waals surface area (Å²) in [6.45, 7) is 4.71. The maximum atomic E-state index is 14.1. The molecule has 0 radical (unpaired) electrons. The molecule has 6 nitrogen and oxygen atoms in total. The summed E-state index contributed by atoms with van der Waals surface area (Å²) in [5.74, 6) is -0.834. The fourth-order valence-electron chi connectivity index (χ4n) is 2.18. The largest absolute Gasteiger partial charge is 0.442 e. The van der Waals surface area contributed by atoms with E-state index in [2.05, 4.69) is 9.97 Å². The summed E-state index contributed by atoms with van der Waals surface area (Å²) in [7, 11) is 1.39. The zero-order valence-electron chi connectivity index (χ0n) is 15.8. The Labute approximate surface area is 159 Å². The van der Waals surface area contributed by atoms with Crippen LogP contribution >= 0.6 is 0 Å². The van der Waals surface area contributed by atoms with Crippen molar-refractivity contribution < 1.29 is 27.1 Å². The molecule has 0 aromatic carbocycles. The molecule has 2 rings (SSSR count). The average molecular weight is 400 g/mol. The van der Waals surface area contributed by atoms with Gasteiger partial charge in [0, 0.05) is 19.4 Å². The van der Waals surface area contributed by atoms with E-state index in [4.69, 9.17) is 4.74 Å². The quantitative estimate of drug-likeness (QED) is 0.562. The van der Waals surface area contributed by atoms with Gasteiger partial charge < -0.3 is 4.74 Å². The molecule has 2 aromatic rings. The molecule has 0 saturated carbocycles. The van der Waals surface area contributed by atoms with Crippen molar-refractivity contribution in [3.63, 3.8) is 0 Å². The standard InChI is InChI=1S/C18H20F4N4O2/c1-17(2,3)28-16(27)26(25(4)15-14(19)6-5-9-23-15)11-13-8-7-12(10-24-13)18(20,21)22/h5-10H,11H2,1-4H3. The van der Waals surface area contributed by atoms with Crippen molar-refractivity contribution >= 4 is 11.9 Å². The number of anilines is 1. The maximum absolute atomic E-state index is 14.1. The molecule has 0 spiro atoms. The topological polar surface area (TPSA) is 58.6 Å². The Balaban J connectivity index is 2.33. The molecule has 0 saturated heterocycles. The minimum atomic E-state index is -4.52. The van der Waals surface area contributed by atoms with Gasteiger partial charge in [0.05, 0.1) is 17.8 Å². The van der Waals surface area contributed by atoms with E-state index < -0.39 is 29.3 Å². The highest BCUT2D eigenvalue weighted by atomic mass is 19.4. The minimum Gasteiger partial charge on any atom is -0.442 e. The molecule has 0 fully saturated rings. The van der Waals surface area contributed by atoms with Gasteiger partial charge in [-0.2, -0.15) is 13.2 Å². The summed E-state index contributed by atoms with van der Waals surface area (Å²) in [6, 6.07) is 4.56. The van der Waals surface area contributed by atoms with Crippen molar-refractivity contribution in [3.05, 3.63) is 53.7 Å². The number of rotatable bonds is 4. The number of halogens is 4. The highest BCUT2D eigenvalue weighted by molar-refractivity contribution is 5.70. The van der Waals surface area contributed by atoms with Crippen LogP contribution < -0.4 is 5.01 Å². The molecule has 0 aliphatic rings. The summed E-state index contributed by atoms with van der Waals surface area (Å²) >= 11 is 0. The molecular formula is C18H20F4N4O2. The molecule has 0 aliphatic carbocycles. The van der Waals surface area contributed by atoms with Crippen molar-refractivity contribution in [2.45, 2.75) is 39.1 Å². The predicted octanol–water partition coefficient (Wildman–Crippen LogP) is 4.42. The van der Waals surface area contributed by atoms with E-state index in [9.17, 15) is 22.4 Å².